The summed E-state index contributed by atoms with van der Waals surface area (Å²) in [5, 5.41) is 3.36. The van der Waals surface area contributed by atoms with Crippen molar-refractivity contribution in [1.82, 2.24) is 19.4 Å². The Bertz CT molecular complexity index is 645. The largest absolute Gasteiger partial charge is 0.337 e. The standard InChI is InChI=1S/C16H22N4O/c1-17-14-4-2-5-15-13(14)6-7-16(21)20(15)10-3-9-19-11-8-18-12-19/h6-8,11-12,14,17H,2-5,9-10H2,1H3. The Kier molecular flexibility index (Phi) is 4.20. The molecule has 5 nitrogen and oxygen atoms in total. The number of aromatic nitrogens is 3. The summed E-state index contributed by atoms with van der Waals surface area (Å²) in [4.78, 5) is 16.2. The molecule has 1 N–H and O–H groups in total. The van der Waals surface area contributed by atoms with Gasteiger partial charge in [-0.25, -0.2) is 4.98 Å². The highest BCUT2D eigenvalue weighted by Gasteiger charge is 2.21. The number of pyridine rings is 1. The van der Waals surface area contributed by atoms with Gasteiger partial charge in [-0.1, -0.05) is 6.07 Å². The van der Waals surface area contributed by atoms with Crippen LogP contribution in [0.2, 0.25) is 0 Å². The first-order valence-corrected chi connectivity index (χ1v) is 7.65. The summed E-state index contributed by atoms with van der Waals surface area (Å²) in [6.07, 6.45) is 9.81. The first-order chi connectivity index (χ1) is 10.3. The molecule has 0 amide bonds. The van der Waals surface area contributed by atoms with E-state index in [9.17, 15) is 4.79 Å². The van der Waals surface area contributed by atoms with E-state index in [4.69, 9.17) is 0 Å². The molecule has 0 bridgehead atoms. The summed E-state index contributed by atoms with van der Waals surface area (Å²) in [6, 6.07) is 4.10. The molecule has 21 heavy (non-hydrogen) atoms. The number of nitrogens with zero attached hydrogens (tertiary/aromatic N) is 3. The maximum absolute atomic E-state index is 12.2. The third kappa shape index (κ3) is 2.93. The molecule has 2 heterocycles. The Hall–Kier alpha value is -1.88. The fourth-order valence-electron chi connectivity index (χ4n) is 3.24. The molecule has 1 aliphatic carbocycles. The average Bonchev–Trinajstić information content (AvgIpc) is 3.02. The number of nitrogens with one attached hydrogen (secondary N) is 1. The second kappa shape index (κ2) is 6.26. The van der Waals surface area contributed by atoms with Crippen molar-refractivity contribution in [1.29, 1.82) is 0 Å². The van der Waals surface area contributed by atoms with Gasteiger partial charge in [-0.2, -0.15) is 0 Å². The van der Waals surface area contributed by atoms with Crippen molar-refractivity contribution in [3.8, 4) is 0 Å². The molecule has 2 aromatic heterocycles. The fourth-order valence-corrected chi connectivity index (χ4v) is 3.24. The van der Waals surface area contributed by atoms with Gasteiger partial charge >= 0.3 is 0 Å². The topological polar surface area (TPSA) is 51.9 Å². The number of imidazole rings is 1. The first-order valence-electron chi connectivity index (χ1n) is 7.65. The molecule has 0 spiro atoms. The van der Waals surface area contributed by atoms with Crippen LogP contribution in [-0.2, 0) is 19.5 Å². The van der Waals surface area contributed by atoms with Crippen LogP contribution in [0.5, 0.6) is 0 Å². The molecule has 0 fully saturated rings. The van der Waals surface area contributed by atoms with Crippen molar-refractivity contribution in [2.45, 2.75) is 44.8 Å². The maximum Gasteiger partial charge on any atom is 0.250 e. The Morgan fingerprint density at radius 3 is 3.05 bits per heavy atom. The Morgan fingerprint density at radius 2 is 2.29 bits per heavy atom. The predicted molar refractivity (Wildman–Crippen MR) is 82.3 cm³/mol. The van der Waals surface area contributed by atoms with Gasteiger partial charge in [0.2, 0.25) is 0 Å². The average molecular weight is 286 g/mol. The van der Waals surface area contributed by atoms with Gasteiger partial charge in [0.05, 0.1) is 6.33 Å². The fraction of sp³-hybridized carbons (Fsp3) is 0.500. The van der Waals surface area contributed by atoms with E-state index in [1.165, 1.54) is 11.3 Å². The third-order valence-electron chi connectivity index (χ3n) is 4.32. The van der Waals surface area contributed by atoms with Gasteiger partial charge in [0.1, 0.15) is 0 Å². The maximum atomic E-state index is 12.2. The van der Waals surface area contributed by atoms with Crippen molar-refractivity contribution in [3.63, 3.8) is 0 Å². The molecule has 2 aromatic rings. The van der Waals surface area contributed by atoms with Crippen molar-refractivity contribution < 1.29 is 0 Å². The van der Waals surface area contributed by atoms with Gasteiger partial charge in [-0.15, -0.1) is 0 Å². The van der Waals surface area contributed by atoms with Crippen LogP contribution >= 0.6 is 0 Å². The normalized spacial score (nSPS) is 17.7. The van der Waals surface area contributed by atoms with Crippen LogP contribution in [0.3, 0.4) is 0 Å². The molecule has 0 aromatic carbocycles. The zero-order valence-electron chi connectivity index (χ0n) is 12.5. The highest BCUT2D eigenvalue weighted by molar-refractivity contribution is 5.27. The van der Waals surface area contributed by atoms with Crippen LogP contribution in [0, 0.1) is 0 Å². The summed E-state index contributed by atoms with van der Waals surface area (Å²) in [5.41, 5.74) is 2.64. The first kappa shape index (κ1) is 14.1. The Morgan fingerprint density at radius 1 is 1.38 bits per heavy atom. The summed E-state index contributed by atoms with van der Waals surface area (Å²) in [6.45, 7) is 1.67. The van der Waals surface area contributed by atoms with Crippen molar-refractivity contribution >= 4 is 0 Å². The number of hydrogen-bond acceptors (Lipinski definition) is 3. The molecule has 3 rings (SSSR count). The molecule has 1 atom stereocenters. The number of fused-ring (bicyclic) bond motifs is 1. The van der Waals surface area contributed by atoms with Crippen LogP contribution in [-0.4, -0.2) is 21.2 Å². The second-order valence-corrected chi connectivity index (χ2v) is 5.61. The molecule has 0 saturated heterocycles. The minimum atomic E-state index is 0.121. The minimum absolute atomic E-state index is 0.121. The zero-order chi connectivity index (χ0) is 14.7. The molecule has 1 aliphatic rings. The van der Waals surface area contributed by atoms with E-state index in [0.29, 0.717) is 6.04 Å². The lowest BCUT2D eigenvalue weighted by atomic mass is 9.91. The van der Waals surface area contributed by atoms with Crippen LogP contribution in [0.25, 0.3) is 0 Å². The van der Waals surface area contributed by atoms with E-state index >= 15 is 0 Å². The van der Waals surface area contributed by atoms with Crippen LogP contribution in [0.15, 0.2) is 35.6 Å². The van der Waals surface area contributed by atoms with E-state index in [-0.39, 0.29) is 5.56 Å². The van der Waals surface area contributed by atoms with Gasteiger partial charge < -0.3 is 14.5 Å². The Balaban J connectivity index is 1.79. The Labute approximate surface area is 124 Å². The summed E-state index contributed by atoms with van der Waals surface area (Å²) in [5.74, 6) is 0. The second-order valence-electron chi connectivity index (χ2n) is 5.61. The molecule has 0 saturated carbocycles. The lowest BCUT2D eigenvalue weighted by Crippen LogP contribution is -2.30. The van der Waals surface area contributed by atoms with Gasteiger partial charge in [0.25, 0.3) is 5.56 Å². The molecule has 1 unspecified atom stereocenters. The van der Waals surface area contributed by atoms with Crippen LogP contribution in [0.1, 0.15) is 36.6 Å². The zero-order valence-corrected chi connectivity index (χ0v) is 12.5. The van der Waals surface area contributed by atoms with E-state index < -0.39 is 0 Å². The quantitative estimate of drug-likeness (QED) is 0.911. The summed E-state index contributed by atoms with van der Waals surface area (Å²) >= 11 is 0. The molecule has 5 heteroatoms. The SMILES string of the molecule is CNC1CCCc2c1ccc(=O)n2CCCn1ccnc1. The van der Waals surface area contributed by atoms with Gasteiger partial charge in [0, 0.05) is 43.3 Å². The summed E-state index contributed by atoms with van der Waals surface area (Å²) in [7, 11) is 1.99. The van der Waals surface area contributed by atoms with Crippen LogP contribution < -0.4 is 10.9 Å². The lowest BCUT2D eigenvalue weighted by Gasteiger charge is -2.27. The van der Waals surface area contributed by atoms with Gasteiger partial charge in [-0.3, -0.25) is 4.79 Å². The van der Waals surface area contributed by atoms with E-state index in [2.05, 4.69) is 14.9 Å². The molecule has 0 aliphatic heterocycles. The summed E-state index contributed by atoms with van der Waals surface area (Å²) < 4.78 is 4.02. The lowest BCUT2D eigenvalue weighted by molar-refractivity contribution is 0.457. The molecular formula is C16H22N4O. The highest BCUT2D eigenvalue weighted by atomic mass is 16.1. The third-order valence-corrected chi connectivity index (χ3v) is 4.32. The van der Waals surface area contributed by atoms with Crippen molar-refractivity contribution in [3.05, 3.63) is 52.5 Å². The molecule has 112 valence electrons. The monoisotopic (exact) mass is 286 g/mol. The van der Waals surface area contributed by atoms with E-state index in [1.807, 2.05) is 30.2 Å². The molecular weight excluding hydrogens is 264 g/mol. The van der Waals surface area contributed by atoms with Gasteiger partial charge in [0.15, 0.2) is 0 Å². The molecule has 0 radical (unpaired) electrons. The number of aryl methyl sites for hydroxylation is 1. The highest BCUT2D eigenvalue weighted by Crippen LogP contribution is 2.28. The predicted octanol–water partition coefficient (Wildman–Crippen LogP) is 1.73. The van der Waals surface area contributed by atoms with Crippen LogP contribution in [0.4, 0.5) is 0 Å². The van der Waals surface area contributed by atoms with Crippen molar-refractivity contribution in [2.24, 2.45) is 0 Å². The smallest absolute Gasteiger partial charge is 0.250 e. The van der Waals surface area contributed by atoms with E-state index in [1.54, 1.807) is 12.3 Å². The van der Waals surface area contributed by atoms with Gasteiger partial charge in [-0.05, 0) is 38.3 Å². The number of hydrogen-bond donors (Lipinski definition) is 1. The van der Waals surface area contributed by atoms with E-state index in [0.717, 1.165) is 38.8 Å². The minimum Gasteiger partial charge on any atom is -0.337 e. The van der Waals surface area contributed by atoms with Crippen molar-refractivity contribution in [2.75, 3.05) is 7.05 Å². The number of rotatable bonds is 5.